The van der Waals surface area contributed by atoms with Crippen molar-refractivity contribution in [2.75, 3.05) is 31.6 Å². The summed E-state index contributed by atoms with van der Waals surface area (Å²) in [6.07, 6.45) is 0.335. The molecule has 0 saturated carbocycles. The van der Waals surface area contributed by atoms with E-state index in [-0.39, 0.29) is 30.1 Å². The highest BCUT2D eigenvalue weighted by atomic mass is 16.5. The molecule has 0 spiro atoms. The fraction of sp³-hybridized carbons (Fsp3) is 0.476. The summed E-state index contributed by atoms with van der Waals surface area (Å²) >= 11 is 0. The highest BCUT2D eigenvalue weighted by molar-refractivity contribution is 6.25. The zero-order valence-corrected chi connectivity index (χ0v) is 17.3. The Hall–Kier alpha value is -3.47. The number of amides is 5. The number of nitrogens with zero attached hydrogens (tertiary/aromatic N) is 2. The van der Waals surface area contributed by atoms with E-state index in [9.17, 15) is 24.0 Å². The van der Waals surface area contributed by atoms with Crippen LogP contribution in [0.2, 0.25) is 0 Å². The van der Waals surface area contributed by atoms with Gasteiger partial charge in [0.25, 0.3) is 11.8 Å². The largest absolute Gasteiger partial charge is 0.465 e. The SMILES string of the molecule is O=C1CCC(N2C(=O)c3cccc(NCCC[C@H]4CN(C(=O)O)CCO4)c3C2=O)C(=O)N1. The fourth-order valence-electron chi connectivity index (χ4n) is 4.28. The molecule has 2 saturated heterocycles. The fourth-order valence-corrected chi connectivity index (χ4v) is 4.28. The number of piperidine rings is 1. The number of morpholine rings is 1. The molecule has 0 aromatic heterocycles. The van der Waals surface area contributed by atoms with E-state index < -0.39 is 35.8 Å². The molecule has 3 aliphatic heterocycles. The molecular weight excluding hydrogens is 420 g/mol. The maximum Gasteiger partial charge on any atom is 0.407 e. The number of hydrogen-bond donors (Lipinski definition) is 3. The van der Waals surface area contributed by atoms with Crippen molar-refractivity contribution in [3.05, 3.63) is 29.3 Å². The predicted octanol–water partition coefficient (Wildman–Crippen LogP) is 0.659. The summed E-state index contributed by atoms with van der Waals surface area (Å²) < 4.78 is 5.61. The first kappa shape index (κ1) is 21.8. The molecule has 32 heavy (non-hydrogen) atoms. The van der Waals surface area contributed by atoms with Crippen molar-refractivity contribution >= 4 is 35.4 Å². The maximum atomic E-state index is 13.1. The first-order valence-corrected chi connectivity index (χ1v) is 10.5. The lowest BCUT2D eigenvalue weighted by atomic mass is 10.0. The lowest BCUT2D eigenvalue weighted by molar-refractivity contribution is -0.136. The highest BCUT2D eigenvalue weighted by Gasteiger charge is 2.45. The zero-order valence-electron chi connectivity index (χ0n) is 17.3. The quantitative estimate of drug-likeness (QED) is 0.429. The molecule has 5 amide bonds. The average molecular weight is 444 g/mol. The van der Waals surface area contributed by atoms with Gasteiger partial charge in [-0.1, -0.05) is 6.07 Å². The van der Waals surface area contributed by atoms with Crippen LogP contribution in [0, 0.1) is 0 Å². The van der Waals surface area contributed by atoms with Gasteiger partial charge in [-0.15, -0.1) is 0 Å². The zero-order chi connectivity index (χ0) is 22.8. The topological polar surface area (TPSA) is 145 Å². The van der Waals surface area contributed by atoms with E-state index in [4.69, 9.17) is 9.84 Å². The molecule has 3 heterocycles. The van der Waals surface area contributed by atoms with Gasteiger partial charge in [-0.2, -0.15) is 0 Å². The monoisotopic (exact) mass is 444 g/mol. The third kappa shape index (κ3) is 4.15. The summed E-state index contributed by atoms with van der Waals surface area (Å²) in [5, 5.41) is 14.5. The molecule has 3 aliphatic rings. The lowest BCUT2D eigenvalue weighted by Gasteiger charge is -2.31. The van der Waals surface area contributed by atoms with Gasteiger partial charge in [-0.3, -0.25) is 29.4 Å². The molecule has 1 aromatic rings. The third-order valence-electron chi connectivity index (χ3n) is 5.90. The molecule has 0 bridgehead atoms. The average Bonchev–Trinajstić information content (AvgIpc) is 3.02. The Morgan fingerprint density at radius 2 is 2.03 bits per heavy atom. The van der Waals surface area contributed by atoms with E-state index in [1.807, 2.05) is 0 Å². The van der Waals surface area contributed by atoms with Gasteiger partial charge < -0.3 is 20.1 Å². The number of hydrogen-bond acceptors (Lipinski definition) is 7. The summed E-state index contributed by atoms with van der Waals surface area (Å²) in [5.41, 5.74) is 0.929. The van der Waals surface area contributed by atoms with Gasteiger partial charge in [0.05, 0.1) is 30.4 Å². The Balaban J connectivity index is 1.38. The van der Waals surface area contributed by atoms with Crippen molar-refractivity contribution in [3.8, 4) is 0 Å². The summed E-state index contributed by atoms with van der Waals surface area (Å²) in [4.78, 5) is 62.9. The first-order chi connectivity index (χ1) is 15.4. The number of fused-ring (bicyclic) bond motifs is 1. The number of nitrogens with one attached hydrogen (secondary N) is 2. The summed E-state index contributed by atoms with van der Waals surface area (Å²) in [6.45, 7) is 1.54. The third-order valence-corrected chi connectivity index (χ3v) is 5.90. The molecule has 1 aromatic carbocycles. The van der Waals surface area contributed by atoms with Crippen molar-refractivity contribution < 1.29 is 33.8 Å². The molecule has 11 heteroatoms. The van der Waals surface area contributed by atoms with Crippen LogP contribution in [0.15, 0.2) is 18.2 Å². The normalized spacial score (nSPS) is 23.2. The van der Waals surface area contributed by atoms with Crippen LogP contribution in [0.4, 0.5) is 10.5 Å². The maximum absolute atomic E-state index is 13.1. The Bertz CT molecular complexity index is 979. The van der Waals surface area contributed by atoms with Gasteiger partial charge in [0.1, 0.15) is 6.04 Å². The van der Waals surface area contributed by atoms with Gasteiger partial charge >= 0.3 is 6.09 Å². The van der Waals surface area contributed by atoms with Gasteiger partial charge in [-0.05, 0) is 31.4 Å². The summed E-state index contributed by atoms with van der Waals surface area (Å²) in [7, 11) is 0. The van der Waals surface area contributed by atoms with Crippen molar-refractivity contribution in [1.29, 1.82) is 0 Å². The number of imide groups is 2. The number of carbonyl (C=O) groups excluding carboxylic acids is 4. The van der Waals surface area contributed by atoms with Crippen molar-refractivity contribution in [2.45, 2.75) is 37.8 Å². The van der Waals surface area contributed by atoms with Crippen molar-refractivity contribution in [3.63, 3.8) is 0 Å². The second-order valence-corrected chi connectivity index (χ2v) is 7.97. The molecule has 11 nitrogen and oxygen atoms in total. The van der Waals surface area contributed by atoms with Crippen molar-refractivity contribution in [1.82, 2.24) is 15.1 Å². The van der Waals surface area contributed by atoms with Crippen LogP contribution >= 0.6 is 0 Å². The Morgan fingerprint density at radius 3 is 2.78 bits per heavy atom. The molecule has 0 radical (unpaired) electrons. The smallest absolute Gasteiger partial charge is 0.407 e. The van der Waals surface area contributed by atoms with Crippen LogP contribution in [0.25, 0.3) is 0 Å². The van der Waals surface area contributed by atoms with E-state index in [1.54, 1.807) is 18.2 Å². The molecule has 1 unspecified atom stereocenters. The molecule has 3 N–H and O–H groups in total. The van der Waals surface area contributed by atoms with E-state index in [0.29, 0.717) is 44.8 Å². The molecular formula is C21H24N4O7. The number of carbonyl (C=O) groups is 5. The number of rotatable bonds is 6. The molecule has 2 atom stereocenters. The molecule has 0 aliphatic carbocycles. The van der Waals surface area contributed by atoms with Crippen LogP contribution in [-0.4, -0.2) is 83.0 Å². The van der Waals surface area contributed by atoms with Crippen LogP contribution in [0.1, 0.15) is 46.4 Å². The first-order valence-electron chi connectivity index (χ1n) is 10.5. The lowest BCUT2D eigenvalue weighted by Crippen LogP contribution is -2.54. The minimum atomic E-state index is -1.01. The van der Waals surface area contributed by atoms with E-state index in [1.165, 1.54) is 4.90 Å². The Labute approximate surface area is 183 Å². The second kappa shape index (κ2) is 8.95. The van der Waals surface area contributed by atoms with Crippen LogP contribution in [0.3, 0.4) is 0 Å². The van der Waals surface area contributed by atoms with E-state index >= 15 is 0 Å². The standard InChI is InChI=1S/C21H24N4O7/c26-16-7-6-15(18(27)23-16)25-19(28)13-4-1-5-14(17(13)20(25)29)22-8-2-3-12-11-24(21(30)31)9-10-32-12/h1,4-5,12,15,22H,2-3,6-11H2,(H,30,31)(H,23,26,27)/t12-,15?/m0/s1. The number of ether oxygens (including phenoxy) is 1. The number of benzene rings is 1. The van der Waals surface area contributed by atoms with Gasteiger partial charge in [-0.25, -0.2) is 4.79 Å². The second-order valence-electron chi connectivity index (χ2n) is 7.97. The summed E-state index contributed by atoms with van der Waals surface area (Å²) in [5.74, 6) is -2.17. The molecule has 4 rings (SSSR count). The minimum Gasteiger partial charge on any atom is -0.465 e. The molecule has 170 valence electrons. The van der Waals surface area contributed by atoms with Gasteiger partial charge in [0.2, 0.25) is 11.8 Å². The summed E-state index contributed by atoms with van der Waals surface area (Å²) in [6, 6.07) is 3.90. The highest BCUT2D eigenvalue weighted by Crippen LogP contribution is 2.32. The predicted molar refractivity (Wildman–Crippen MR) is 110 cm³/mol. The van der Waals surface area contributed by atoms with E-state index in [0.717, 1.165) is 4.90 Å². The van der Waals surface area contributed by atoms with E-state index in [2.05, 4.69) is 10.6 Å². The molecule has 2 fully saturated rings. The van der Waals surface area contributed by atoms with Gasteiger partial charge in [0.15, 0.2) is 0 Å². The van der Waals surface area contributed by atoms with Crippen molar-refractivity contribution in [2.24, 2.45) is 0 Å². The van der Waals surface area contributed by atoms with Crippen LogP contribution < -0.4 is 10.6 Å². The Morgan fingerprint density at radius 1 is 1.22 bits per heavy atom. The Kier molecular flexibility index (Phi) is 6.08. The number of carboxylic acid groups (broad SMARTS) is 1. The minimum absolute atomic E-state index is 0.0669. The van der Waals surface area contributed by atoms with Gasteiger partial charge in [0, 0.05) is 25.2 Å². The van der Waals surface area contributed by atoms with Crippen LogP contribution in [-0.2, 0) is 14.3 Å². The number of anilines is 1. The van der Waals surface area contributed by atoms with Crippen LogP contribution in [0.5, 0.6) is 0 Å².